The number of para-hydroxylation sites is 1. The van der Waals surface area contributed by atoms with E-state index in [0.717, 1.165) is 18.6 Å². The molecule has 1 fully saturated rings. The van der Waals surface area contributed by atoms with Crippen molar-refractivity contribution in [2.75, 3.05) is 25.0 Å². The summed E-state index contributed by atoms with van der Waals surface area (Å²) in [7, 11) is 2.03. The molecule has 3 heteroatoms. The number of fused-ring (bicyclic) bond motifs is 1. The third kappa shape index (κ3) is 3.03. The Balaban J connectivity index is 1.94. The molecule has 0 spiro atoms. The minimum absolute atomic E-state index is 0.624. The Morgan fingerprint density at radius 2 is 2.14 bits per heavy atom. The maximum absolute atomic E-state index is 4.96. The Hall–Kier alpha value is -1.61. The van der Waals surface area contributed by atoms with Crippen LogP contribution < -0.4 is 10.2 Å². The van der Waals surface area contributed by atoms with Crippen LogP contribution in [0, 0.1) is 6.92 Å². The van der Waals surface area contributed by atoms with Gasteiger partial charge in [0.2, 0.25) is 0 Å². The van der Waals surface area contributed by atoms with Gasteiger partial charge in [0.25, 0.3) is 0 Å². The molecule has 1 saturated heterocycles. The topological polar surface area (TPSA) is 28.2 Å². The van der Waals surface area contributed by atoms with Crippen molar-refractivity contribution in [1.29, 1.82) is 0 Å². The van der Waals surface area contributed by atoms with Crippen LogP contribution in [0.1, 0.15) is 31.2 Å². The van der Waals surface area contributed by atoms with E-state index in [2.05, 4.69) is 47.5 Å². The highest BCUT2D eigenvalue weighted by molar-refractivity contribution is 5.81. The summed E-state index contributed by atoms with van der Waals surface area (Å²) in [5.74, 6) is 1.19. The average molecular weight is 283 g/mol. The number of nitrogens with zero attached hydrogens (tertiary/aromatic N) is 2. The number of pyridine rings is 1. The Bertz CT molecular complexity index is 608. The van der Waals surface area contributed by atoms with Crippen LogP contribution in [0.15, 0.2) is 30.3 Å². The molecule has 1 aliphatic heterocycles. The van der Waals surface area contributed by atoms with Crippen molar-refractivity contribution in [2.24, 2.45) is 0 Å². The number of nitrogens with one attached hydrogen (secondary N) is 1. The molecular formula is C18H25N3. The Morgan fingerprint density at radius 1 is 1.29 bits per heavy atom. The van der Waals surface area contributed by atoms with E-state index in [9.17, 15) is 0 Å². The molecule has 2 heterocycles. The molecule has 3 nitrogen and oxygen atoms in total. The number of anilines is 1. The van der Waals surface area contributed by atoms with Crippen LogP contribution in [0.25, 0.3) is 10.9 Å². The van der Waals surface area contributed by atoms with Gasteiger partial charge in [0.1, 0.15) is 5.82 Å². The Labute approximate surface area is 127 Å². The first kappa shape index (κ1) is 14.3. The lowest BCUT2D eigenvalue weighted by Gasteiger charge is -2.37. The second kappa shape index (κ2) is 6.44. The van der Waals surface area contributed by atoms with E-state index in [1.807, 2.05) is 7.05 Å². The SMILES string of the molecule is CNCCC1CCCCN1c1nc2ccccc2cc1C. The summed E-state index contributed by atoms with van der Waals surface area (Å²) in [6, 6.07) is 11.3. The van der Waals surface area contributed by atoms with Crippen molar-refractivity contribution < 1.29 is 0 Å². The van der Waals surface area contributed by atoms with Gasteiger partial charge < -0.3 is 10.2 Å². The van der Waals surface area contributed by atoms with Gasteiger partial charge >= 0.3 is 0 Å². The fourth-order valence-corrected chi connectivity index (χ4v) is 3.39. The van der Waals surface area contributed by atoms with Gasteiger partial charge in [-0.1, -0.05) is 18.2 Å². The van der Waals surface area contributed by atoms with Gasteiger partial charge in [-0.3, -0.25) is 0 Å². The normalized spacial score (nSPS) is 19.1. The highest BCUT2D eigenvalue weighted by Gasteiger charge is 2.24. The van der Waals surface area contributed by atoms with Crippen molar-refractivity contribution in [3.05, 3.63) is 35.9 Å². The van der Waals surface area contributed by atoms with Gasteiger partial charge in [-0.05, 0) is 63.9 Å². The standard InChI is InChI=1S/C18H25N3/c1-14-13-15-7-3-4-9-17(15)20-18(14)21-12-6-5-8-16(21)10-11-19-2/h3-4,7,9,13,16,19H,5-6,8,10-12H2,1-2H3. The van der Waals surface area contributed by atoms with Crippen molar-refractivity contribution in [2.45, 2.75) is 38.6 Å². The van der Waals surface area contributed by atoms with Gasteiger partial charge in [-0.2, -0.15) is 0 Å². The van der Waals surface area contributed by atoms with Gasteiger partial charge in [0.05, 0.1) is 5.52 Å². The fourth-order valence-electron chi connectivity index (χ4n) is 3.39. The Kier molecular flexibility index (Phi) is 4.39. The third-order valence-corrected chi connectivity index (χ3v) is 4.51. The van der Waals surface area contributed by atoms with E-state index in [-0.39, 0.29) is 0 Å². The summed E-state index contributed by atoms with van der Waals surface area (Å²) >= 11 is 0. The van der Waals surface area contributed by atoms with Gasteiger partial charge in [-0.15, -0.1) is 0 Å². The molecule has 0 radical (unpaired) electrons. The summed E-state index contributed by atoms with van der Waals surface area (Å²) in [6.07, 6.45) is 5.11. The smallest absolute Gasteiger partial charge is 0.132 e. The quantitative estimate of drug-likeness (QED) is 0.930. The largest absolute Gasteiger partial charge is 0.353 e. The number of aromatic nitrogens is 1. The number of piperidine rings is 1. The van der Waals surface area contributed by atoms with Crippen LogP contribution in [-0.2, 0) is 0 Å². The number of hydrogen-bond acceptors (Lipinski definition) is 3. The minimum atomic E-state index is 0.624. The molecule has 3 rings (SSSR count). The monoisotopic (exact) mass is 283 g/mol. The summed E-state index contributed by atoms with van der Waals surface area (Å²) < 4.78 is 0. The first-order chi connectivity index (χ1) is 10.3. The fraction of sp³-hybridized carbons (Fsp3) is 0.500. The number of aryl methyl sites for hydroxylation is 1. The summed E-state index contributed by atoms with van der Waals surface area (Å²) in [4.78, 5) is 7.51. The van der Waals surface area contributed by atoms with Crippen molar-refractivity contribution in [1.82, 2.24) is 10.3 Å². The van der Waals surface area contributed by atoms with Gasteiger partial charge in [0, 0.05) is 18.0 Å². The van der Waals surface area contributed by atoms with Crippen LogP contribution in [0.5, 0.6) is 0 Å². The molecular weight excluding hydrogens is 258 g/mol. The van der Waals surface area contributed by atoms with Gasteiger partial charge in [-0.25, -0.2) is 4.98 Å². The molecule has 1 atom stereocenters. The van der Waals surface area contributed by atoms with Crippen molar-refractivity contribution in [3.63, 3.8) is 0 Å². The first-order valence-electron chi connectivity index (χ1n) is 8.07. The van der Waals surface area contributed by atoms with Crippen LogP contribution in [0.4, 0.5) is 5.82 Å². The zero-order valence-corrected chi connectivity index (χ0v) is 13.1. The van der Waals surface area contributed by atoms with Crippen molar-refractivity contribution >= 4 is 16.7 Å². The van der Waals surface area contributed by atoms with E-state index < -0.39 is 0 Å². The molecule has 0 saturated carbocycles. The summed E-state index contributed by atoms with van der Waals surface area (Å²) in [6.45, 7) is 4.41. The molecule has 1 aromatic heterocycles. The van der Waals surface area contributed by atoms with Crippen LogP contribution >= 0.6 is 0 Å². The van der Waals surface area contributed by atoms with Crippen LogP contribution in [-0.4, -0.2) is 31.2 Å². The molecule has 1 aromatic carbocycles. The predicted molar refractivity (Wildman–Crippen MR) is 90.0 cm³/mol. The molecule has 2 aromatic rings. The number of hydrogen-bond donors (Lipinski definition) is 1. The lowest BCUT2D eigenvalue weighted by Crippen LogP contribution is -2.41. The second-order valence-electron chi connectivity index (χ2n) is 6.06. The molecule has 0 bridgehead atoms. The second-order valence-corrected chi connectivity index (χ2v) is 6.06. The lowest BCUT2D eigenvalue weighted by molar-refractivity contribution is 0.430. The summed E-state index contributed by atoms with van der Waals surface area (Å²) in [5.41, 5.74) is 2.40. The number of benzene rings is 1. The molecule has 21 heavy (non-hydrogen) atoms. The highest BCUT2D eigenvalue weighted by atomic mass is 15.2. The zero-order chi connectivity index (χ0) is 14.7. The van der Waals surface area contributed by atoms with E-state index in [4.69, 9.17) is 4.98 Å². The molecule has 1 unspecified atom stereocenters. The minimum Gasteiger partial charge on any atom is -0.353 e. The zero-order valence-electron chi connectivity index (χ0n) is 13.1. The summed E-state index contributed by atoms with van der Waals surface area (Å²) in [5, 5.41) is 4.52. The molecule has 1 N–H and O–H groups in total. The van der Waals surface area contributed by atoms with E-state index in [1.165, 1.54) is 42.5 Å². The van der Waals surface area contributed by atoms with E-state index >= 15 is 0 Å². The lowest BCUT2D eigenvalue weighted by atomic mass is 9.98. The maximum Gasteiger partial charge on any atom is 0.132 e. The molecule has 112 valence electrons. The Morgan fingerprint density at radius 3 is 3.00 bits per heavy atom. The third-order valence-electron chi connectivity index (χ3n) is 4.51. The van der Waals surface area contributed by atoms with Crippen LogP contribution in [0.2, 0.25) is 0 Å². The predicted octanol–water partition coefficient (Wildman–Crippen LogP) is 3.51. The molecule has 1 aliphatic rings. The maximum atomic E-state index is 4.96. The molecule has 0 aliphatic carbocycles. The van der Waals surface area contributed by atoms with E-state index in [1.54, 1.807) is 0 Å². The van der Waals surface area contributed by atoms with Crippen molar-refractivity contribution in [3.8, 4) is 0 Å². The average Bonchev–Trinajstić information content (AvgIpc) is 2.52. The highest BCUT2D eigenvalue weighted by Crippen LogP contribution is 2.29. The van der Waals surface area contributed by atoms with Crippen LogP contribution in [0.3, 0.4) is 0 Å². The van der Waals surface area contributed by atoms with E-state index in [0.29, 0.717) is 6.04 Å². The first-order valence-corrected chi connectivity index (χ1v) is 8.07. The number of rotatable bonds is 4. The van der Waals surface area contributed by atoms with Gasteiger partial charge in [0.15, 0.2) is 0 Å². The molecule has 0 amide bonds.